The molecule has 2 aliphatic heterocycles. The molecule has 1 aromatic rings. The lowest BCUT2D eigenvalue weighted by atomic mass is 9.53. The zero-order valence-electron chi connectivity index (χ0n) is 21.9. The van der Waals surface area contributed by atoms with Crippen molar-refractivity contribution in [3.63, 3.8) is 0 Å². The van der Waals surface area contributed by atoms with Crippen LogP contribution in [0.2, 0.25) is 0 Å². The van der Waals surface area contributed by atoms with Crippen LogP contribution in [0.5, 0.6) is 11.5 Å². The molecule has 4 heteroatoms. The number of piperidine rings is 1. The second kappa shape index (κ2) is 4.06. The summed E-state index contributed by atoms with van der Waals surface area (Å²) in [6.07, 6.45) is -4.33. The number of hydrogen-bond acceptors (Lipinski definition) is 4. The number of aliphatic hydroxyl groups is 1. The normalized spacial score (nSPS) is 60.5. The van der Waals surface area contributed by atoms with Crippen LogP contribution in [0.15, 0.2) is 24.2 Å². The van der Waals surface area contributed by atoms with Gasteiger partial charge in [-0.25, -0.2) is 0 Å². The first-order valence-electron chi connectivity index (χ1n) is 12.2. The summed E-state index contributed by atoms with van der Waals surface area (Å²) in [5, 5.41) is 10.9. The van der Waals surface area contributed by atoms with Crippen molar-refractivity contribution in [2.24, 2.45) is 5.89 Å². The van der Waals surface area contributed by atoms with E-state index in [4.69, 9.17) is 20.4 Å². The van der Waals surface area contributed by atoms with Crippen LogP contribution >= 0.6 is 0 Å². The quantitative estimate of drug-likeness (QED) is 0.798. The molecule has 1 spiro atoms. The zero-order chi connectivity index (χ0) is 23.9. The number of rotatable bonds is 1. The molecule has 2 bridgehead atoms. The molecule has 4 aliphatic rings. The molecular weight excluding hydrogens is 278 g/mol. The standard InChI is InChI=1S/C18H21NO3/c1-19-8-7-18-11-4-5-13(20)17(18)22-16-14(21-2)6-3-10(15(16)18)9-12(11)19/h3-6,11-13,17,20H,7-9H2,1-2H3/t11-,12+,13?,17?,18-/m0/s1/i2D3,3D,6D,9D2,11D,12D,13D. The monoisotopic (exact) mass is 309 g/mol. The highest BCUT2D eigenvalue weighted by atomic mass is 16.5. The maximum absolute atomic E-state index is 10.9. The smallest absolute Gasteiger partial charge is 0.165 e. The van der Waals surface area contributed by atoms with Crippen molar-refractivity contribution in [2.75, 3.05) is 20.6 Å². The van der Waals surface area contributed by atoms with Gasteiger partial charge in [-0.05, 0) is 38.0 Å². The Morgan fingerprint density at radius 3 is 3.36 bits per heavy atom. The highest BCUT2D eigenvalue weighted by Gasteiger charge is 2.64. The number of nitrogens with zero attached hydrogens (tertiary/aromatic N) is 1. The molecule has 2 unspecified atom stereocenters. The van der Waals surface area contributed by atoms with Gasteiger partial charge in [0.15, 0.2) is 11.5 Å². The largest absolute Gasteiger partial charge is 0.493 e. The van der Waals surface area contributed by atoms with E-state index < -0.39 is 60.8 Å². The number of hydrogen-bond donors (Lipinski definition) is 1. The van der Waals surface area contributed by atoms with E-state index in [0.29, 0.717) is 0 Å². The predicted octanol–water partition coefficient (Wildman–Crippen LogP) is 1.50. The number of benzene rings is 1. The van der Waals surface area contributed by atoms with Gasteiger partial charge in [0.05, 0.1) is 15.3 Å². The van der Waals surface area contributed by atoms with E-state index in [1.54, 1.807) is 0 Å². The summed E-state index contributed by atoms with van der Waals surface area (Å²) in [7, 11) is -1.52. The first kappa shape index (κ1) is 6.54. The molecule has 0 radical (unpaired) electrons. The van der Waals surface area contributed by atoms with E-state index in [9.17, 15) is 7.85 Å². The lowest BCUT2D eigenvalue weighted by Crippen LogP contribution is -2.64. The topological polar surface area (TPSA) is 41.9 Å². The summed E-state index contributed by atoms with van der Waals surface area (Å²) in [5.74, 6) is -3.05. The molecule has 1 fully saturated rings. The van der Waals surface area contributed by atoms with E-state index in [-0.39, 0.29) is 29.8 Å². The molecule has 1 aromatic carbocycles. The molecule has 4 nitrogen and oxygen atoms in total. The molecule has 116 valence electrons. The second-order valence-electron chi connectivity index (χ2n) is 6.05. The van der Waals surface area contributed by atoms with Gasteiger partial charge in [-0.15, -0.1) is 0 Å². The molecule has 1 N–H and O–H groups in total. The van der Waals surface area contributed by atoms with E-state index >= 15 is 0 Å². The maximum atomic E-state index is 10.9. The molecule has 5 rings (SSSR count). The van der Waals surface area contributed by atoms with Crippen LogP contribution in [0.1, 0.15) is 31.3 Å². The number of ether oxygens (including phenoxy) is 2. The third-order valence-corrected chi connectivity index (χ3v) is 5.11. The van der Waals surface area contributed by atoms with Gasteiger partial charge in [-0.1, -0.05) is 18.2 Å². The SMILES string of the molecule is [2H]c1c([2H])c2c3c(c1OC([2H])([2H])[2H])OC1C([2H])(O)C=C[C@]4([2H])[C@@]31CCN(C)[C@]4([2H])C2([2H])[2H]. The summed E-state index contributed by atoms with van der Waals surface area (Å²) < 4.78 is 95.1. The van der Waals surface area contributed by atoms with Gasteiger partial charge in [0.2, 0.25) is 0 Å². The van der Waals surface area contributed by atoms with Crippen LogP contribution in [0, 0.1) is 5.89 Å². The van der Waals surface area contributed by atoms with Gasteiger partial charge in [-0.2, -0.15) is 0 Å². The Hall–Kier alpha value is -1.52. The Kier molecular flexibility index (Phi) is 1.21. The molecule has 2 heterocycles. The van der Waals surface area contributed by atoms with E-state index in [2.05, 4.69) is 0 Å². The summed E-state index contributed by atoms with van der Waals surface area (Å²) in [4.78, 5) is 1.37. The molecule has 1 saturated heterocycles. The molecule has 2 aliphatic carbocycles. The van der Waals surface area contributed by atoms with Gasteiger partial charge in [0, 0.05) is 28.4 Å². The van der Waals surface area contributed by atoms with Gasteiger partial charge >= 0.3 is 0 Å². The highest BCUT2D eigenvalue weighted by Crippen LogP contribution is 2.62. The van der Waals surface area contributed by atoms with Crippen molar-refractivity contribution in [1.29, 1.82) is 0 Å². The Bertz CT molecular complexity index is 1090. The van der Waals surface area contributed by atoms with Gasteiger partial charge in [0.1, 0.15) is 12.2 Å². The van der Waals surface area contributed by atoms with Crippen molar-refractivity contribution >= 4 is 0 Å². The zero-order valence-corrected chi connectivity index (χ0v) is 11.9. The minimum Gasteiger partial charge on any atom is -0.493 e. The fourth-order valence-electron chi connectivity index (χ4n) is 4.14. The minimum atomic E-state index is -3.02. The first-order valence-corrected chi connectivity index (χ1v) is 7.15. The average molecular weight is 309 g/mol. The van der Waals surface area contributed by atoms with Crippen LogP contribution in [0.3, 0.4) is 0 Å². The van der Waals surface area contributed by atoms with Gasteiger partial charge in [-0.3, -0.25) is 0 Å². The molecule has 5 atom stereocenters. The van der Waals surface area contributed by atoms with Crippen molar-refractivity contribution < 1.29 is 28.3 Å². The first-order chi connectivity index (χ1) is 14.5. The van der Waals surface area contributed by atoms with Crippen LogP contribution in [-0.2, 0) is 11.8 Å². The van der Waals surface area contributed by atoms with Gasteiger partial charge < -0.3 is 19.5 Å². The molecular formula is C18H21NO3. The van der Waals surface area contributed by atoms with Gasteiger partial charge in [0.25, 0.3) is 0 Å². The summed E-state index contributed by atoms with van der Waals surface area (Å²) in [6.45, 7) is 0.123. The lowest BCUT2D eigenvalue weighted by molar-refractivity contribution is -0.0453. The van der Waals surface area contributed by atoms with E-state index in [1.807, 2.05) is 0 Å². The molecule has 22 heavy (non-hydrogen) atoms. The average Bonchev–Trinajstić information content (AvgIpc) is 3.01. The van der Waals surface area contributed by atoms with Crippen molar-refractivity contribution in [1.82, 2.24) is 4.90 Å². The Balaban J connectivity index is 1.99. The maximum Gasteiger partial charge on any atom is 0.165 e. The summed E-state index contributed by atoms with van der Waals surface area (Å²) in [5.41, 5.74) is -2.07. The van der Waals surface area contributed by atoms with Crippen LogP contribution < -0.4 is 9.47 Å². The highest BCUT2D eigenvalue weighted by molar-refractivity contribution is 5.62. The molecule has 0 amide bonds. The van der Waals surface area contributed by atoms with Crippen molar-refractivity contribution in [3.8, 4) is 11.5 Å². The van der Waals surface area contributed by atoms with E-state index in [0.717, 1.165) is 12.2 Å². The Morgan fingerprint density at radius 1 is 1.59 bits per heavy atom. The van der Waals surface area contributed by atoms with Crippen LogP contribution in [-0.4, -0.2) is 48.8 Å². The second-order valence-corrected chi connectivity index (χ2v) is 6.05. The fourth-order valence-corrected chi connectivity index (χ4v) is 4.14. The van der Waals surface area contributed by atoms with Crippen molar-refractivity contribution in [2.45, 2.75) is 36.4 Å². The third kappa shape index (κ3) is 1.28. The molecule has 0 saturated carbocycles. The Labute approximate surface area is 144 Å². The van der Waals surface area contributed by atoms with Crippen molar-refractivity contribution in [3.05, 3.63) is 35.4 Å². The Morgan fingerprint density at radius 2 is 2.50 bits per heavy atom. The van der Waals surface area contributed by atoms with E-state index in [1.165, 1.54) is 11.9 Å². The number of likely N-dealkylation sites (tertiary alicyclic amines) is 1. The number of likely N-dealkylation sites (N-methyl/N-ethyl adjacent to an activating group) is 1. The summed E-state index contributed by atoms with van der Waals surface area (Å²) in [6, 6.07) is -3.71. The minimum absolute atomic E-state index is 0.0613. The van der Waals surface area contributed by atoms with Crippen LogP contribution in [0.25, 0.3) is 0 Å². The summed E-state index contributed by atoms with van der Waals surface area (Å²) >= 11 is 0. The predicted molar refractivity (Wildman–Crippen MR) is 82.5 cm³/mol. The number of methoxy groups -OCH3 is 1. The fraction of sp³-hybridized carbons (Fsp3) is 0.556. The van der Waals surface area contributed by atoms with Crippen LogP contribution in [0.4, 0.5) is 0 Å². The third-order valence-electron chi connectivity index (χ3n) is 5.11. The molecule has 0 aromatic heterocycles. The lowest BCUT2D eigenvalue weighted by Gasteiger charge is -2.56.